The topological polar surface area (TPSA) is 25.8 Å². The van der Waals surface area contributed by atoms with E-state index in [1.165, 1.54) is 36.4 Å². The van der Waals surface area contributed by atoms with E-state index in [2.05, 4.69) is 40.8 Å². The molecule has 0 aliphatic rings. The zero-order valence-electron chi connectivity index (χ0n) is 23.1. The highest BCUT2D eigenvalue weighted by molar-refractivity contribution is 7.13. The van der Waals surface area contributed by atoms with Crippen LogP contribution in [0.2, 0.25) is 0 Å². The molecular formula is C36H30F2N2S. The van der Waals surface area contributed by atoms with E-state index in [0.717, 1.165) is 38.9 Å². The lowest BCUT2D eigenvalue weighted by Gasteiger charge is -2.11. The van der Waals surface area contributed by atoms with Gasteiger partial charge in [0.2, 0.25) is 0 Å². The Kier molecular flexibility index (Phi) is 7.71. The molecule has 5 aromatic carbocycles. The third-order valence-electron chi connectivity index (χ3n) is 7.66. The predicted molar refractivity (Wildman–Crippen MR) is 167 cm³/mol. The number of halogens is 2. The number of unbranched alkanes of at least 4 members (excludes halogenated alkanes) is 2. The maximum Gasteiger partial charge on any atom is 0.131 e. The second-order valence-electron chi connectivity index (χ2n) is 10.5. The van der Waals surface area contributed by atoms with Crippen molar-refractivity contribution in [3.8, 4) is 44.5 Å². The lowest BCUT2D eigenvalue weighted by molar-refractivity contribution is 0.631. The van der Waals surface area contributed by atoms with Crippen LogP contribution in [0, 0.1) is 18.6 Å². The third kappa shape index (κ3) is 5.55. The number of hydrogen-bond acceptors (Lipinski definition) is 3. The van der Waals surface area contributed by atoms with Crippen molar-refractivity contribution in [1.29, 1.82) is 0 Å². The number of aryl methyl sites for hydroxylation is 2. The summed E-state index contributed by atoms with van der Waals surface area (Å²) < 4.78 is 35.9. The van der Waals surface area contributed by atoms with Crippen molar-refractivity contribution < 1.29 is 8.78 Å². The van der Waals surface area contributed by atoms with E-state index in [9.17, 15) is 0 Å². The van der Waals surface area contributed by atoms with Gasteiger partial charge in [-0.15, -0.1) is 5.10 Å². The van der Waals surface area contributed by atoms with Crippen LogP contribution in [0.4, 0.5) is 8.78 Å². The molecular weight excluding hydrogens is 530 g/mol. The van der Waals surface area contributed by atoms with Crippen molar-refractivity contribution >= 4 is 21.7 Å². The average Bonchev–Trinajstić information content (AvgIpc) is 3.48. The molecule has 2 nitrogen and oxygen atoms in total. The molecule has 41 heavy (non-hydrogen) atoms. The van der Waals surface area contributed by atoms with Gasteiger partial charge in [0.05, 0.1) is 4.70 Å². The number of nitrogens with zero attached hydrogens (tertiary/aromatic N) is 2. The van der Waals surface area contributed by atoms with Gasteiger partial charge in [0.25, 0.3) is 0 Å². The van der Waals surface area contributed by atoms with Crippen LogP contribution in [0.15, 0.2) is 97.1 Å². The van der Waals surface area contributed by atoms with E-state index in [-0.39, 0.29) is 11.6 Å². The summed E-state index contributed by atoms with van der Waals surface area (Å²) in [6, 6.07) is 30.6. The second-order valence-corrected chi connectivity index (χ2v) is 11.3. The Labute approximate surface area is 243 Å². The van der Waals surface area contributed by atoms with Gasteiger partial charge in [-0.3, -0.25) is 0 Å². The first-order valence-electron chi connectivity index (χ1n) is 14.0. The minimum absolute atomic E-state index is 0.314. The Bertz CT molecular complexity index is 1820. The van der Waals surface area contributed by atoms with Crippen LogP contribution in [-0.2, 0) is 6.42 Å². The van der Waals surface area contributed by atoms with Gasteiger partial charge in [0.1, 0.15) is 17.2 Å². The van der Waals surface area contributed by atoms with E-state index in [1.54, 1.807) is 18.2 Å². The summed E-state index contributed by atoms with van der Waals surface area (Å²) in [5, 5.41) is 4.32. The molecule has 0 saturated heterocycles. The summed E-state index contributed by atoms with van der Waals surface area (Å²) in [7, 11) is 0. The van der Waals surface area contributed by atoms with E-state index in [4.69, 9.17) is 0 Å². The number of benzene rings is 5. The van der Waals surface area contributed by atoms with Crippen molar-refractivity contribution in [2.45, 2.75) is 39.5 Å². The molecule has 6 aromatic rings. The molecule has 0 atom stereocenters. The number of aromatic nitrogens is 2. The van der Waals surface area contributed by atoms with E-state index in [1.807, 2.05) is 61.5 Å². The van der Waals surface area contributed by atoms with Crippen LogP contribution in [0.1, 0.15) is 37.3 Å². The summed E-state index contributed by atoms with van der Waals surface area (Å²) in [6.45, 7) is 4.23. The Morgan fingerprint density at radius 1 is 0.610 bits per heavy atom. The summed E-state index contributed by atoms with van der Waals surface area (Å²) in [6.07, 6.45) is 4.68. The molecule has 1 heterocycles. The fourth-order valence-electron chi connectivity index (χ4n) is 5.31. The molecule has 5 heteroatoms. The van der Waals surface area contributed by atoms with Gasteiger partial charge in [0.15, 0.2) is 0 Å². The van der Waals surface area contributed by atoms with Crippen LogP contribution in [-0.4, -0.2) is 9.59 Å². The maximum absolute atomic E-state index is 15.6. The zero-order valence-corrected chi connectivity index (χ0v) is 23.9. The Morgan fingerprint density at radius 2 is 1.15 bits per heavy atom. The van der Waals surface area contributed by atoms with Crippen LogP contribution in [0.25, 0.3) is 54.7 Å². The van der Waals surface area contributed by atoms with Crippen molar-refractivity contribution in [2.24, 2.45) is 0 Å². The maximum atomic E-state index is 15.6. The smallest absolute Gasteiger partial charge is 0.131 e. The lowest BCUT2D eigenvalue weighted by Crippen LogP contribution is -1.91. The molecule has 204 valence electrons. The quantitative estimate of drug-likeness (QED) is 0.173. The highest BCUT2D eigenvalue weighted by atomic mass is 32.1. The van der Waals surface area contributed by atoms with Crippen LogP contribution < -0.4 is 0 Å². The third-order valence-corrected chi connectivity index (χ3v) is 8.42. The van der Waals surface area contributed by atoms with Crippen molar-refractivity contribution in [2.75, 3.05) is 0 Å². The molecule has 0 amide bonds. The lowest BCUT2D eigenvalue weighted by atomic mass is 9.95. The van der Waals surface area contributed by atoms with Gasteiger partial charge in [0, 0.05) is 22.3 Å². The number of fused-ring (bicyclic) bond motifs is 1. The summed E-state index contributed by atoms with van der Waals surface area (Å²) in [4.78, 5) is 0. The van der Waals surface area contributed by atoms with Gasteiger partial charge in [-0.25, -0.2) is 8.78 Å². The fraction of sp³-hybridized carbons (Fsp3) is 0.167. The minimum Gasteiger partial charge on any atom is -0.206 e. The molecule has 6 rings (SSSR count). The molecule has 0 aliphatic heterocycles. The fourth-order valence-corrected chi connectivity index (χ4v) is 6.03. The van der Waals surface area contributed by atoms with Crippen LogP contribution >= 0.6 is 11.5 Å². The molecule has 0 fully saturated rings. The van der Waals surface area contributed by atoms with Crippen molar-refractivity contribution in [3.05, 3.63) is 120 Å². The highest BCUT2D eigenvalue weighted by Crippen LogP contribution is 2.39. The molecule has 0 aliphatic carbocycles. The minimum atomic E-state index is -0.336. The predicted octanol–water partition coefficient (Wildman–Crippen LogP) is 10.7. The first-order valence-corrected chi connectivity index (χ1v) is 14.8. The van der Waals surface area contributed by atoms with Crippen molar-refractivity contribution in [3.63, 3.8) is 0 Å². The molecule has 0 unspecified atom stereocenters. The zero-order chi connectivity index (χ0) is 28.3. The monoisotopic (exact) mass is 560 g/mol. The van der Waals surface area contributed by atoms with Crippen LogP contribution in [0.3, 0.4) is 0 Å². The Morgan fingerprint density at radius 3 is 1.76 bits per heavy atom. The largest absolute Gasteiger partial charge is 0.206 e. The Hall–Kier alpha value is -4.22. The first-order chi connectivity index (χ1) is 20.0. The van der Waals surface area contributed by atoms with E-state index >= 15 is 8.78 Å². The van der Waals surface area contributed by atoms with E-state index in [0.29, 0.717) is 27.8 Å². The van der Waals surface area contributed by atoms with Gasteiger partial charge in [-0.1, -0.05) is 115 Å². The van der Waals surface area contributed by atoms with Gasteiger partial charge < -0.3 is 0 Å². The van der Waals surface area contributed by atoms with Crippen molar-refractivity contribution in [1.82, 2.24) is 9.59 Å². The van der Waals surface area contributed by atoms with Gasteiger partial charge >= 0.3 is 0 Å². The Balaban J connectivity index is 1.30. The second kappa shape index (κ2) is 11.7. The highest BCUT2D eigenvalue weighted by Gasteiger charge is 2.18. The molecule has 0 N–H and O–H groups in total. The van der Waals surface area contributed by atoms with Gasteiger partial charge in [-0.05, 0) is 71.2 Å². The van der Waals surface area contributed by atoms with Gasteiger partial charge in [-0.2, -0.15) is 0 Å². The summed E-state index contributed by atoms with van der Waals surface area (Å²) >= 11 is 1.19. The standard InChI is InChI=1S/C36H30F2N2S/c1-3-4-5-6-24-9-13-26(14-10-24)28-16-18-30(34(38)22-28)32-20-19-31(35-36(32)41-40-39-35)29-17-15-27(21-33(29)37)25-11-7-23(2)8-12-25/h7-22H,3-6H2,1-2H3. The summed E-state index contributed by atoms with van der Waals surface area (Å²) in [5.41, 5.74) is 8.87. The molecule has 0 saturated carbocycles. The molecule has 0 radical (unpaired) electrons. The molecule has 1 aromatic heterocycles. The number of rotatable bonds is 8. The van der Waals surface area contributed by atoms with E-state index < -0.39 is 0 Å². The SMILES string of the molecule is CCCCCc1ccc(-c2ccc(-c3ccc(-c4ccc(-c5ccc(C)cc5)cc4F)c4nnsc34)c(F)c2)cc1. The van der Waals surface area contributed by atoms with Crippen LogP contribution in [0.5, 0.6) is 0 Å². The first kappa shape index (κ1) is 27.0. The molecule has 0 spiro atoms. The normalized spacial score (nSPS) is 11.3. The number of hydrogen-bond donors (Lipinski definition) is 0. The molecule has 0 bridgehead atoms. The average molecular weight is 561 g/mol. The summed E-state index contributed by atoms with van der Waals surface area (Å²) in [5.74, 6) is -0.650.